The Bertz CT molecular complexity index is 782. The molecule has 23 heavy (non-hydrogen) atoms. The van der Waals surface area contributed by atoms with Crippen molar-refractivity contribution in [1.82, 2.24) is 14.5 Å². The Morgan fingerprint density at radius 1 is 1.39 bits per heavy atom. The normalized spacial score (nSPS) is 17.8. The molecule has 0 atom stereocenters. The predicted octanol–water partition coefficient (Wildman–Crippen LogP) is 2.37. The first-order chi connectivity index (χ1) is 11.0. The zero-order valence-corrected chi connectivity index (χ0v) is 14.5. The maximum atomic E-state index is 12.2. The van der Waals surface area contributed by atoms with Gasteiger partial charge in [-0.15, -0.1) is 0 Å². The minimum Gasteiger partial charge on any atom is -0.384 e. The highest BCUT2D eigenvalue weighted by molar-refractivity contribution is 7.89. The van der Waals surface area contributed by atoms with Crippen molar-refractivity contribution in [2.45, 2.75) is 18.8 Å². The molecule has 1 N–H and O–H groups in total. The molecule has 1 aliphatic heterocycles. The van der Waals surface area contributed by atoms with E-state index in [2.05, 4.69) is 10.2 Å². The van der Waals surface area contributed by atoms with Gasteiger partial charge < -0.3 is 4.74 Å². The van der Waals surface area contributed by atoms with Gasteiger partial charge in [-0.2, -0.15) is 5.10 Å². The van der Waals surface area contributed by atoms with Crippen molar-refractivity contribution in [2.24, 2.45) is 0 Å². The fraction of sp³-hybridized carbons (Fsp3) is 0.533. The summed E-state index contributed by atoms with van der Waals surface area (Å²) in [6.45, 7) is 1.29. The summed E-state index contributed by atoms with van der Waals surface area (Å²) in [4.78, 5) is 0. The van der Waals surface area contributed by atoms with Crippen molar-refractivity contribution in [2.75, 3.05) is 32.6 Å². The summed E-state index contributed by atoms with van der Waals surface area (Å²) in [5.74, 6) is 0.333. The minimum atomic E-state index is -3.23. The Kier molecular flexibility index (Phi) is 4.91. The van der Waals surface area contributed by atoms with E-state index in [0.717, 1.165) is 29.3 Å². The van der Waals surface area contributed by atoms with Crippen LogP contribution in [0.15, 0.2) is 18.3 Å². The summed E-state index contributed by atoms with van der Waals surface area (Å²) in [6, 6.07) is 3.83. The van der Waals surface area contributed by atoms with E-state index < -0.39 is 10.0 Å². The van der Waals surface area contributed by atoms with E-state index >= 15 is 0 Å². The molecule has 0 saturated carbocycles. The molecule has 2 heterocycles. The van der Waals surface area contributed by atoms with Gasteiger partial charge in [-0.1, -0.05) is 11.6 Å². The topological polar surface area (TPSA) is 75.3 Å². The second-order valence-corrected chi connectivity index (χ2v) is 8.33. The second-order valence-electron chi connectivity index (χ2n) is 5.81. The zero-order valence-electron chi connectivity index (χ0n) is 13.0. The summed E-state index contributed by atoms with van der Waals surface area (Å²) >= 11 is 6.19. The lowest BCUT2D eigenvalue weighted by atomic mass is 9.88. The first-order valence-corrected chi connectivity index (χ1v) is 9.59. The highest BCUT2D eigenvalue weighted by atomic mass is 35.5. The van der Waals surface area contributed by atoms with E-state index in [-0.39, 0.29) is 12.4 Å². The number of piperidine rings is 1. The molecule has 1 aromatic heterocycles. The molecule has 0 spiro atoms. The molecule has 0 aliphatic carbocycles. The Morgan fingerprint density at radius 3 is 2.83 bits per heavy atom. The van der Waals surface area contributed by atoms with Crippen molar-refractivity contribution in [3.63, 3.8) is 0 Å². The molecule has 0 amide bonds. The average Bonchev–Trinajstić information content (AvgIpc) is 3.00. The number of benzene rings is 1. The summed E-state index contributed by atoms with van der Waals surface area (Å²) < 4.78 is 30.9. The summed E-state index contributed by atoms with van der Waals surface area (Å²) in [5, 5.41) is 8.76. The van der Waals surface area contributed by atoms with Crippen molar-refractivity contribution in [3.8, 4) is 0 Å². The van der Waals surface area contributed by atoms with Crippen LogP contribution in [0.1, 0.15) is 24.3 Å². The van der Waals surface area contributed by atoms with Gasteiger partial charge in [0.05, 0.1) is 24.1 Å². The molecular weight excluding hydrogens is 338 g/mol. The lowest BCUT2D eigenvalue weighted by Gasteiger charge is -2.31. The van der Waals surface area contributed by atoms with Gasteiger partial charge in [-0.05, 0) is 36.5 Å². The van der Waals surface area contributed by atoms with Crippen LogP contribution in [0.2, 0.25) is 5.02 Å². The molecule has 1 saturated heterocycles. The third kappa shape index (κ3) is 3.52. The third-order valence-electron chi connectivity index (χ3n) is 4.39. The lowest BCUT2D eigenvalue weighted by molar-refractivity contribution is 0.214. The number of hydrogen-bond donors (Lipinski definition) is 1. The Morgan fingerprint density at radius 2 is 2.13 bits per heavy atom. The van der Waals surface area contributed by atoms with Gasteiger partial charge in [0.1, 0.15) is 0 Å². The second kappa shape index (κ2) is 6.76. The number of hydrogen-bond acceptors (Lipinski definition) is 4. The highest BCUT2D eigenvalue weighted by Gasteiger charge is 2.29. The number of nitrogens with zero attached hydrogens (tertiary/aromatic N) is 2. The van der Waals surface area contributed by atoms with Crippen molar-refractivity contribution >= 4 is 32.5 Å². The highest BCUT2D eigenvalue weighted by Crippen LogP contribution is 2.35. The number of aromatic nitrogens is 2. The number of nitrogens with one attached hydrogen (secondary N) is 1. The van der Waals surface area contributed by atoms with Crippen LogP contribution in [0.4, 0.5) is 0 Å². The first-order valence-electron chi connectivity index (χ1n) is 7.60. The maximum Gasteiger partial charge on any atom is 0.216 e. The van der Waals surface area contributed by atoms with E-state index in [1.165, 1.54) is 7.11 Å². The van der Waals surface area contributed by atoms with E-state index in [0.29, 0.717) is 24.0 Å². The van der Waals surface area contributed by atoms with E-state index in [1.807, 2.05) is 18.3 Å². The van der Waals surface area contributed by atoms with E-state index in [4.69, 9.17) is 16.3 Å². The number of aromatic amines is 1. The number of halogens is 1. The number of H-pyrrole nitrogens is 1. The molecule has 1 aromatic carbocycles. The molecular formula is C15H20ClN3O3S. The largest absolute Gasteiger partial charge is 0.384 e. The van der Waals surface area contributed by atoms with Crippen molar-refractivity contribution in [3.05, 3.63) is 28.9 Å². The van der Waals surface area contributed by atoms with Crippen LogP contribution in [-0.2, 0) is 14.8 Å². The fourth-order valence-electron chi connectivity index (χ4n) is 3.14. The van der Waals surface area contributed by atoms with Gasteiger partial charge in [-0.3, -0.25) is 5.10 Å². The molecule has 3 rings (SSSR count). The Balaban J connectivity index is 1.75. The molecule has 0 unspecified atom stereocenters. The molecule has 0 radical (unpaired) electrons. The summed E-state index contributed by atoms with van der Waals surface area (Å²) in [6.07, 6.45) is 3.38. The van der Waals surface area contributed by atoms with Crippen LogP contribution >= 0.6 is 11.6 Å². The zero-order chi connectivity index (χ0) is 16.4. The molecule has 1 fully saturated rings. The van der Waals surface area contributed by atoms with E-state index in [1.54, 1.807) is 4.31 Å². The first kappa shape index (κ1) is 16.7. The Labute approximate surface area is 140 Å². The van der Waals surface area contributed by atoms with Crippen LogP contribution < -0.4 is 0 Å². The number of fused-ring (bicyclic) bond motifs is 1. The Hall–Kier alpha value is -1.15. The van der Waals surface area contributed by atoms with Crippen molar-refractivity contribution < 1.29 is 13.2 Å². The number of rotatable bonds is 5. The number of sulfonamides is 1. The van der Waals surface area contributed by atoms with Crippen LogP contribution in [0, 0.1) is 0 Å². The molecule has 6 nitrogen and oxygen atoms in total. The van der Waals surface area contributed by atoms with Crippen LogP contribution in [-0.4, -0.2) is 55.5 Å². The average molecular weight is 358 g/mol. The number of methoxy groups -OCH3 is 1. The van der Waals surface area contributed by atoms with Crippen LogP contribution in [0.25, 0.3) is 10.9 Å². The quantitative estimate of drug-likeness (QED) is 0.891. The van der Waals surface area contributed by atoms with Crippen LogP contribution in [0.3, 0.4) is 0 Å². The van der Waals surface area contributed by atoms with Crippen LogP contribution in [0.5, 0.6) is 0 Å². The molecule has 1 aliphatic rings. The smallest absolute Gasteiger partial charge is 0.216 e. The summed E-state index contributed by atoms with van der Waals surface area (Å²) in [5.41, 5.74) is 2.07. The summed E-state index contributed by atoms with van der Waals surface area (Å²) in [7, 11) is -1.72. The van der Waals surface area contributed by atoms with Gasteiger partial charge >= 0.3 is 0 Å². The standard InChI is InChI=1S/C15H20ClN3O3S/c1-22-6-7-23(20,21)19-4-2-11(3-5-19)13-8-12(16)9-15-14(13)10-17-18-15/h8-11H,2-7H2,1H3,(H,17,18). The molecule has 126 valence electrons. The predicted molar refractivity (Wildman–Crippen MR) is 90.3 cm³/mol. The fourth-order valence-corrected chi connectivity index (χ4v) is 4.77. The molecule has 0 bridgehead atoms. The maximum absolute atomic E-state index is 12.2. The monoisotopic (exact) mass is 357 g/mol. The van der Waals surface area contributed by atoms with Gasteiger partial charge in [0.2, 0.25) is 10.0 Å². The lowest BCUT2D eigenvalue weighted by Crippen LogP contribution is -2.40. The third-order valence-corrected chi connectivity index (χ3v) is 6.44. The molecule has 8 heteroatoms. The van der Waals surface area contributed by atoms with Gasteiger partial charge in [0, 0.05) is 30.6 Å². The van der Waals surface area contributed by atoms with Gasteiger partial charge in [-0.25, -0.2) is 12.7 Å². The SMILES string of the molecule is COCCS(=O)(=O)N1CCC(c2cc(Cl)cc3[nH]ncc23)CC1. The van der Waals surface area contributed by atoms with Gasteiger partial charge in [0.15, 0.2) is 0 Å². The van der Waals surface area contributed by atoms with Crippen molar-refractivity contribution in [1.29, 1.82) is 0 Å². The molecule has 2 aromatic rings. The van der Waals surface area contributed by atoms with Gasteiger partial charge in [0.25, 0.3) is 0 Å². The number of ether oxygens (including phenoxy) is 1. The minimum absolute atomic E-state index is 0.0390. The van der Waals surface area contributed by atoms with E-state index in [9.17, 15) is 8.42 Å².